The lowest BCUT2D eigenvalue weighted by atomic mass is 10.0. The molecule has 174 valence electrons. The average Bonchev–Trinajstić information content (AvgIpc) is 3.04. The maximum Gasteiger partial charge on any atom is 0.253 e. The van der Waals surface area contributed by atoms with Crippen LogP contribution in [0.3, 0.4) is 0 Å². The van der Waals surface area contributed by atoms with Gasteiger partial charge in [-0.05, 0) is 37.1 Å². The Balaban J connectivity index is 1.33. The van der Waals surface area contributed by atoms with Crippen molar-refractivity contribution >= 4 is 34.8 Å². The second-order valence-corrected chi connectivity index (χ2v) is 9.30. The van der Waals surface area contributed by atoms with Crippen LogP contribution in [-0.4, -0.2) is 54.6 Å². The molecule has 0 bridgehead atoms. The Kier molecular flexibility index (Phi) is 7.32. The zero-order valence-corrected chi connectivity index (χ0v) is 20.9. The van der Waals surface area contributed by atoms with Gasteiger partial charge < -0.3 is 14.8 Å². The molecule has 33 heavy (non-hydrogen) atoms. The monoisotopic (exact) mass is 484 g/mol. The van der Waals surface area contributed by atoms with Gasteiger partial charge in [0, 0.05) is 52.0 Å². The van der Waals surface area contributed by atoms with Crippen molar-refractivity contribution in [1.82, 2.24) is 14.8 Å². The Morgan fingerprint density at radius 3 is 2.36 bits per heavy atom. The van der Waals surface area contributed by atoms with E-state index >= 15 is 0 Å². The molecule has 1 aliphatic rings. The van der Waals surface area contributed by atoms with Crippen LogP contribution in [0.2, 0.25) is 10.0 Å². The van der Waals surface area contributed by atoms with Crippen LogP contribution >= 0.6 is 23.2 Å². The number of aromatic nitrogens is 1. The molecule has 1 saturated heterocycles. The second kappa shape index (κ2) is 10.2. The second-order valence-electron chi connectivity index (χ2n) is 8.52. The summed E-state index contributed by atoms with van der Waals surface area (Å²) in [5, 5.41) is 4.33. The quantitative estimate of drug-likeness (QED) is 0.524. The lowest BCUT2D eigenvalue weighted by Crippen LogP contribution is -2.48. The predicted molar refractivity (Wildman–Crippen MR) is 138 cm³/mol. The minimum Gasteiger partial charge on any atom is -0.368 e. The van der Waals surface area contributed by atoms with Crippen molar-refractivity contribution in [3.8, 4) is 11.3 Å². The molecule has 2 aromatic carbocycles. The van der Waals surface area contributed by atoms with Crippen LogP contribution < -0.4 is 10.2 Å². The molecule has 0 atom stereocenters. The predicted octanol–water partition coefficient (Wildman–Crippen LogP) is 5.17. The van der Waals surface area contributed by atoms with Gasteiger partial charge in [-0.2, -0.15) is 0 Å². The van der Waals surface area contributed by atoms with Crippen molar-refractivity contribution in [3.63, 3.8) is 0 Å². The van der Waals surface area contributed by atoms with Crippen molar-refractivity contribution in [2.75, 3.05) is 44.2 Å². The Hall–Kier alpha value is -2.47. The molecule has 1 N–H and O–H groups in total. The minimum atomic E-state index is -0.00729. The van der Waals surface area contributed by atoms with Gasteiger partial charge in [-0.15, -0.1) is 0 Å². The van der Waals surface area contributed by atoms with E-state index in [9.17, 15) is 4.79 Å². The molecule has 2 heterocycles. The van der Waals surface area contributed by atoms with Gasteiger partial charge in [0.15, 0.2) is 0 Å². The number of halogens is 2. The molecule has 1 fully saturated rings. The van der Waals surface area contributed by atoms with Crippen molar-refractivity contribution in [1.29, 1.82) is 0 Å². The third kappa shape index (κ3) is 4.91. The topological polar surface area (TPSA) is 40.5 Å². The van der Waals surface area contributed by atoms with Gasteiger partial charge in [0.25, 0.3) is 5.91 Å². The first-order valence-electron chi connectivity index (χ1n) is 11.3. The van der Waals surface area contributed by atoms with Gasteiger partial charge in [-0.3, -0.25) is 9.69 Å². The maximum absolute atomic E-state index is 13.1. The molecule has 0 radical (unpaired) electrons. The molecule has 0 unspecified atom stereocenters. The Morgan fingerprint density at radius 1 is 0.970 bits per heavy atom. The first-order chi connectivity index (χ1) is 15.9. The van der Waals surface area contributed by atoms with Gasteiger partial charge in [0.1, 0.15) is 0 Å². The molecule has 0 spiro atoms. The summed E-state index contributed by atoms with van der Waals surface area (Å²) in [5.74, 6) is -0.00729. The van der Waals surface area contributed by atoms with E-state index in [4.69, 9.17) is 23.2 Å². The molecule has 0 aliphatic carbocycles. The summed E-state index contributed by atoms with van der Waals surface area (Å²) < 4.78 is 2.11. The number of hydrogen-bond donors (Lipinski definition) is 1. The van der Waals surface area contributed by atoms with Gasteiger partial charge in [0.2, 0.25) is 0 Å². The van der Waals surface area contributed by atoms with Crippen LogP contribution in [0, 0.1) is 13.8 Å². The summed E-state index contributed by atoms with van der Waals surface area (Å²) in [4.78, 5) is 17.7. The summed E-state index contributed by atoms with van der Waals surface area (Å²) in [7, 11) is 2.02. The van der Waals surface area contributed by atoms with E-state index < -0.39 is 0 Å². The summed E-state index contributed by atoms with van der Waals surface area (Å²) in [6, 6.07) is 16.0. The maximum atomic E-state index is 13.1. The number of rotatable bonds is 6. The van der Waals surface area contributed by atoms with Gasteiger partial charge in [-0.1, -0.05) is 59.6 Å². The molecule has 7 heteroatoms. The van der Waals surface area contributed by atoms with Crippen LogP contribution in [0.1, 0.15) is 21.6 Å². The summed E-state index contributed by atoms with van der Waals surface area (Å²) >= 11 is 12.5. The fraction of sp³-hybridized carbons (Fsp3) is 0.346. The first kappa shape index (κ1) is 23.7. The zero-order valence-electron chi connectivity index (χ0n) is 19.4. The van der Waals surface area contributed by atoms with Crippen LogP contribution in [0.25, 0.3) is 11.3 Å². The standard InChI is InChI=1S/C26H30Cl2N4O/c1-18-23(19(2)30(3)25(18)20-8-5-4-6-9-20)26(33)29-12-13-31-14-16-32(17-15-31)22-11-7-10-21(27)24(22)28/h4-11H,12-17H2,1-3H3,(H,29,33). The van der Waals surface area contributed by atoms with E-state index in [1.54, 1.807) is 0 Å². The molecule has 1 aromatic heterocycles. The number of nitrogens with one attached hydrogen (secondary N) is 1. The Labute approximate surface area is 205 Å². The van der Waals surface area contributed by atoms with Crippen molar-refractivity contribution in [2.45, 2.75) is 13.8 Å². The SMILES string of the molecule is Cc1c(C(=O)NCCN2CCN(c3cccc(Cl)c3Cl)CC2)c(C)n(C)c1-c1ccccc1. The number of benzene rings is 2. The van der Waals surface area contributed by atoms with Crippen LogP contribution in [0.15, 0.2) is 48.5 Å². The van der Waals surface area contributed by atoms with Crippen molar-refractivity contribution in [2.24, 2.45) is 7.05 Å². The molecule has 5 nitrogen and oxygen atoms in total. The first-order valence-corrected chi connectivity index (χ1v) is 12.0. The number of carbonyl (C=O) groups excluding carboxylic acids is 1. The third-order valence-corrected chi connectivity index (χ3v) is 7.37. The van der Waals surface area contributed by atoms with E-state index in [-0.39, 0.29) is 5.91 Å². The molecular weight excluding hydrogens is 455 g/mol. The van der Waals surface area contributed by atoms with Crippen molar-refractivity contribution in [3.05, 3.63) is 75.4 Å². The van der Waals surface area contributed by atoms with Gasteiger partial charge >= 0.3 is 0 Å². The Bertz CT molecular complexity index is 1130. The number of amides is 1. The number of nitrogens with zero attached hydrogens (tertiary/aromatic N) is 3. The zero-order chi connectivity index (χ0) is 23.5. The summed E-state index contributed by atoms with van der Waals surface area (Å²) in [5.41, 5.74) is 5.98. The number of carbonyl (C=O) groups is 1. The van der Waals surface area contributed by atoms with E-state index in [1.165, 1.54) is 0 Å². The highest BCUT2D eigenvalue weighted by Gasteiger charge is 2.23. The smallest absolute Gasteiger partial charge is 0.253 e. The largest absolute Gasteiger partial charge is 0.368 e. The highest BCUT2D eigenvalue weighted by molar-refractivity contribution is 6.43. The fourth-order valence-corrected chi connectivity index (χ4v) is 5.10. The summed E-state index contributed by atoms with van der Waals surface area (Å²) in [6.07, 6.45) is 0. The normalized spacial score (nSPS) is 14.5. The fourth-order valence-electron chi connectivity index (χ4n) is 4.68. The number of anilines is 1. The van der Waals surface area contributed by atoms with Crippen LogP contribution in [-0.2, 0) is 7.05 Å². The van der Waals surface area contributed by atoms with Crippen molar-refractivity contribution < 1.29 is 4.79 Å². The molecule has 4 rings (SSSR count). The van der Waals surface area contributed by atoms with E-state index in [1.807, 2.05) is 57.3 Å². The highest BCUT2D eigenvalue weighted by atomic mass is 35.5. The highest BCUT2D eigenvalue weighted by Crippen LogP contribution is 2.33. The van der Waals surface area contributed by atoms with Crippen LogP contribution in [0.5, 0.6) is 0 Å². The molecule has 1 amide bonds. The lowest BCUT2D eigenvalue weighted by Gasteiger charge is -2.36. The van der Waals surface area contributed by atoms with E-state index in [0.717, 1.165) is 66.5 Å². The average molecular weight is 485 g/mol. The minimum absolute atomic E-state index is 0.00729. The third-order valence-electron chi connectivity index (χ3n) is 6.56. The molecule has 0 saturated carbocycles. The van der Waals surface area contributed by atoms with Gasteiger partial charge in [0.05, 0.1) is 27.0 Å². The number of hydrogen-bond acceptors (Lipinski definition) is 3. The van der Waals surface area contributed by atoms with Crippen LogP contribution in [0.4, 0.5) is 5.69 Å². The summed E-state index contributed by atoms with van der Waals surface area (Å²) in [6.45, 7) is 9.07. The molecule has 1 aliphatic heterocycles. The van der Waals surface area contributed by atoms with E-state index in [0.29, 0.717) is 16.6 Å². The lowest BCUT2D eigenvalue weighted by molar-refractivity contribution is 0.0946. The van der Waals surface area contributed by atoms with Gasteiger partial charge in [-0.25, -0.2) is 0 Å². The Morgan fingerprint density at radius 2 is 1.67 bits per heavy atom. The number of piperazine rings is 1. The van der Waals surface area contributed by atoms with E-state index in [2.05, 4.69) is 31.8 Å². The molecule has 3 aromatic rings. The molecular formula is C26H30Cl2N4O.